The Morgan fingerprint density at radius 1 is 1.16 bits per heavy atom. The highest BCUT2D eigenvalue weighted by Gasteiger charge is 2.22. The number of carbonyl (C=O) groups is 1. The summed E-state index contributed by atoms with van der Waals surface area (Å²) in [6, 6.07) is 7.76. The predicted molar refractivity (Wildman–Crippen MR) is 92.1 cm³/mol. The van der Waals surface area contributed by atoms with Gasteiger partial charge in [-0.05, 0) is 25.1 Å². The van der Waals surface area contributed by atoms with E-state index in [0.717, 1.165) is 6.07 Å². The van der Waals surface area contributed by atoms with Crippen LogP contribution >= 0.6 is 23.2 Å². The average Bonchev–Trinajstić information content (AvgIpc) is 2.53. The van der Waals surface area contributed by atoms with E-state index in [9.17, 15) is 17.6 Å². The molecule has 0 saturated carbocycles. The molecule has 0 aliphatic rings. The molecule has 2 rings (SSSR count). The van der Waals surface area contributed by atoms with Crippen molar-refractivity contribution in [2.24, 2.45) is 0 Å². The van der Waals surface area contributed by atoms with Crippen LogP contribution in [-0.2, 0) is 20.6 Å². The van der Waals surface area contributed by atoms with Crippen LogP contribution in [0.25, 0.3) is 0 Å². The van der Waals surface area contributed by atoms with E-state index in [0.29, 0.717) is 0 Å². The van der Waals surface area contributed by atoms with Gasteiger partial charge in [0.05, 0.1) is 22.2 Å². The van der Waals surface area contributed by atoms with E-state index in [1.807, 2.05) is 0 Å². The lowest BCUT2D eigenvalue weighted by atomic mass is 10.2. The highest BCUT2D eigenvalue weighted by molar-refractivity contribution is 7.86. The van der Waals surface area contributed by atoms with Crippen molar-refractivity contribution < 1.29 is 26.5 Å². The number of esters is 1. The van der Waals surface area contributed by atoms with Crippen LogP contribution in [-0.4, -0.2) is 21.0 Å². The molecule has 0 N–H and O–H groups in total. The van der Waals surface area contributed by atoms with Gasteiger partial charge in [0.25, 0.3) is 0 Å². The molecular formula is C16H13Cl2FO5S. The SMILES string of the molecule is CCOC(=O)c1cc(Cl)c(OS(=O)(=O)Cc2ccccc2F)c(Cl)c1. The second-order valence-electron chi connectivity index (χ2n) is 4.87. The fourth-order valence-electron chi connectivity index (χ4n) is 1.93. The van der Waals surface area contributed by atoms with E-state index in [1.165, 1.54) is 30.3 Å². The maximum Gasteiger partial charge on any atom is 0.338 e. The third-order valence-electron chi connectivity index (χ3n) is 3.01. The minimum absolute atomic E-state index is 0.0516. The van der Waals surface area contributed by atoms with Crippen LogP contribution in [0.1, 0.15) is 22.8 Å². The Balaban J connectivity index is 2.27. The summed E-state index contributed by atoms with van der Waals surface area (Å²) >= 11 is 11.9. The van der Waals surface area contributed by atoms with Gasteiger partial charge in [0.15, 0.2) is 5.75 Å². The Morgan fingerprint density at radius 3 is 2.32 bits per heavy atom. The average molecular weight is 407 g/mol. The van der Waals surface area contributed by atoms with Crippen LogP contribution in [0, 0.1) is 5.82 Å². The molecule has 0 radical (unpaired) electrons. The summed E-state index contributed by atoms with van der Waals surface area (Å²) in [5, 5.41) is -0.375. The van der Waals surface area contributed by atoms with Crippen LogP contribution in [0.15, 0.2) is 36.4 Å². The van der Waals surface area contributed by atoms with Crippen molar-refractivity contribution in [1.82, 2.24) is 0 Å². The first-order valence-corrected chi connectivity index (χ1v) is 9.38. The number of halogens is 3. The van der Waals surface area contributed by atoms with Gasteiger partial charge in [-0.1, -0.05) is 41.4 Å². The summed E-state index contributed by atoms with van der Waals surface area (Å²) in [6.45, 7) is 1.79. The highest BCUT2D eigenvalue weighted by atomic mass is 35.5. The Morgan fingerprint density at radius 2 is 1.76 bits per heavy atom. The number of hydrogen-bond donors (Lipinski definition) is 0. The van der Waals surface area contributed by atoms with Gasteiger partial charge in [0.2, 0.25) is 0 Å². The monoisotopic (exact) mass is 406 g/mol. The van der Waals surface area contributed by atoms with Gasteiger partial charge in [-0.25, -0.2) is 9.18 Å². The van der Waals surface area contributed by atoms with Crippen LogP contribution in [0.3, 0.4) is 0 Å². The van der Waals surface area contributed by atoms with E-state index in [1.54, 1.807) is 6.92 Å². The van der Waals surface area contributed by atoms with Gasteiger partial charge in [-0.3, -0.25) is 0 Å². The van der Waals surface area contributed by atoms with Gasteiger partial charge in [0, 0.05) is 5.56 Å². The zero-order valence-corrected chi connectivity index (χ0v) is 15.3. The Labute approximate surface area is 154 Å². The van der Waals surface area contributed by atoms with Crippen molar-refractivity contribution in [3.8, 4) is 5.75 Å². The molecule has 0 fully saturated rings. The maximum atomic E-state index is 13.6. The molecule has 2 aromatic carbocycles. The van der Waals surface area contributed by atoms with Crippen molar-refractivity contribution >= 4 is 39.3 Å². The molecule has 9 heteroatoms. The molecule has 0 spiro atoms. The van der Waals surface area contributed by atoms with Crippen LogP contribution in [0.4, 0.5) is 4.39 Å². The normalized spacial score (nSPS) is 11.2. The zero-order valence-electron chi connectivity index (χ0n) is 13.0. The molecule has 0 unspecified atom stereocenters. The molecule has 0 atom stereocenters. The highest BCUT2D eigenvalue weighted by Crippen LogP contribution is 2.36. The van der Waals surface area contributed by atoms with Crippen molar-refractivity contribution in [3.05, 3.63) is 63.4 Å². The second-order valence-corrected chi connectivity index (χ2v) is 7.25. The van der Waals surface area contributed by atoms with E-state index in [-0.39, 0.29) is 33.5 Å². The fourth-order valence-corrected chi connectivity index (χ4v) is 3.70. The Bertz CT molecular complexity index is 876. The van der Waals surface area contributed by atoms with Crippen molar-refractivity contribution in [2.75, 3.05) is 6.61 Å². The molecule has 5 nitrogen and oxygen atoms in total. The summed E-state index contributed by atoms with van der Waals surface area (Å²) in [6.07, 6.45) is 0. The largest absolute Gasteiger partial charge is 0.462 e. The van der Waals surface area contributed by atoms with Crippen molar-refractivity contribution in [3.63, 3.8) is 0 Å². The quantitative estimate of drug-likeness (QED) is 0.530. The molecule has 0 saturated heterocycles. The molecule has 0 aliphatic heterocycles. The van der Waals surface area contributed by atoms with Gasteiger partial charge in [-0.2, -0.15) is 8.42 Å². The summed E-state index contributed by atoms with van der Waals surface area (Å²) in [5.74, 6) is -2.38. The standard InChI is InChI=1S/C16H13Cl2FO5S/c1-2-23-16(20)11-7-12(17)15(13(18)8-11)24-25(21,22)9-10-5-3-4-6-14(10)19/h3-8H,2,9H2,1H3. The fraction of sp³-hybridized carbons (Fsp3) is 0.188. The summed E-state index contributed by atoms with van der Waals surface area (Å²) < 4.78 is 47.6. The minimum atomic E-state index is -4.22. The third-order valence-corrected chi connectivity index (χ3v) is 4.66. The van der Waals surface area contributed by atoms with Crippen molar-refractivity contribution in [1.29, 1.82) is 0 Å². The second kappa shape index (κ2) is 8.03. The minimum Gasteiger partial charge on any atom is -0.462 e. The van der Waals surface area contributed by atoms with Gasteiger partial charge < -0.3 is 8.92 Å². The molecule has 0 bridgehead atoms. The lowest BCUT2D eigenvalue weighted by Gasteiger charge is -2.12. The number of ether oxygens (including phenoxy) is 1. The third kappa shape index (κ3) is 5.07. The van der Waals surface area contributed by atoms with Crippen LogP contribution < -0.4 is 4.18 Å². The topological polar surface area (TPSA) is 69.7 Å². The predicted octanol–water partition coefficient (Wildman–Crippen LogP) is 4.22. The van der Waals surface area contributed by atoms with Gasteiger partial charge >= 0.3 is 16.1 Å². The molecule has 0 aromatic heterocycles. The van der Waals surface area contributed by atoms with E-state index in [2.05, 4.69) is 0 Å². The van der Waals surface area contributed by atoms with E-state index < -0.39 is 27.7 Å². The van der Waals surface area contributed by atoms with Crippen LogP contribution in [0.2, 0.25) is 10.0 Å². The molecule has 2 aromatic rings. The molecule has 25 heavy (non-hydrogen) atoms. The molecule has 0 aliphatic carbocycles. The molecular weight excluding hydrogens is 394 g/mol. The van der Waals surface area contributed by atoms with Gasteiger partial charge in [0.1, 0.15) is 11.6 Å². The van der Waals surface area contributed by atoms with Crippen molar-refractivity contribution in [2.45, 2.75) is 12.7 Å². The Hall–Kier alpha value is -1.83. The van der Waals surface area contributed by atoms with E-state index in [4.69, 9.17) is 32.1 Å². The zero-order chi connectivity index (χ0) is 18.6. The smallest absolute Gasteiger partial charge is 0.338 e. The maximum absolute atomic E-state index is 13.6. The van der Waals surface area contributed by atoms with E-state index >= 15 is 0 Å². The number of carbonyl (C=O) groups excluding carboxylic acids is 1. The van der Waals surface area contributed by atoms with Gasteiger partial charge in [-0.15, -0.1) is 0 Å². The number of rotatable bonds is 6. The summed E-state index contributed by atoms with van der Waals surface area (Å²) in [4.78, 5) is 11.7. The first kappa shape index (κ1) is 19.5. The molecule has 134 valence electrons. The first-order valence-electron chi connectivity index (χ1n) is 7.05. The summed E-state index contributed by atoms with van der Waals surface area (Å²) in [5.41, 5.74) is -0.00593. The first-order chi connectivity index (χ1) is 11.7. The molecule has 0 heterocycles. The lowest BCUT2D eigenvalue weighted by Crippen LogP contribution is -2.14. The number of benzene rings is 2. The molecule has 0 amide bonds. The summed E-state index contributed by atoms with van der Waals surface area (Å²) in [7, 11) is -4.22. The van der Waals surface area contributed by atoms with Crippen LogP contribution in [0.5, 0.6) is 5.75 Å². The lowest BCUT2D eigenvalue weighted by molar-refractivity contribution is 0.0526. The Kier molecular flexibility index (Phi) is 6.26. The number of hydrogen-bond acceptors (Lipinski definition) is 5.